The summed E-state index contributed by atoms with van der Waals surface area (Å²) in [5.74, 6) is 0.698. The molecule has 33 heavy (non-hydrogen) atoms. The van der Waals surface area contributed by atoms with Gasteiger partial charge in [-0.1, -0.05) is 12.5 Å². The molecule has 2 aromatic heterocycles. The Morgan fingerprint density at radius 1 is 1.18 bits per heavy atom. The van der Waals surface area contributed by atoms with E-state index in [0.717, 1.165) is 38.5 Å². The van der Waals surface area contributed by atoms with Crippen molar-refractivity contribution in [1.82, 2.24) is 40.7 Å². The number of tetrazole rings is 1. The molecule has 1 aliphatic carbocycles. The standard InChI is InChI=1S/C22H26FN9O/c1-31-29-21(28-30-31)12-5-8-15(18(33)9-12)22-24-11-19(26-27-22)32(14-6-7-14)17-10-13-3-2-4-16(25-13)20(17)23/h5,8-9,11,13-14,16-17,20,25,33H,2-4,6-7,10H2,1H3/t13-,16+,17+,20-/m1/s1/i1D3. The van der Waals surface area contributed by atoms with Gasteiger partial charge in [-0.2, -0.15) is 4.80 Å². The van der Waals surface area contributed by atoms with Crippen LogP contribution in [0.2, 0.25) is 0 Å². The Morgan fingerprint density at radius 2 is 2.09 bits per heavy atom. The number of nitrogens with zero attached hydrogens (tertiary/aromatic N) is 8. The van der Waals surface area contributed by atoms with E-state index in [-0.39, 0.29) is 35.5 Å². The molecule has 4 heterocycles. The lowest BCUT2D eigenvalue weighted by Crippen LogP contribution is -2.62. The van der Waals surface area contributed by atoms with Crippen molar-refractivity contribution in [3.05, 3.63) is 24.4 Å². The fraction of sp³-hybridized carbons (Fsp3) is 0.545. The number of hydrogen-bond acceptors (Lipinski definition) is 9. The number of fused-ring (bicyclic) bond motifs is 2. The van der Waals surface area contributed by atoms with E-state index in [1.165, 1.54) is 6.07 Å². The highest BCUT2D eigenvalue weighted by Gasteiger charge is 2.46. The van der Waals surface area contributed by atoms with Crippen molar-refractivity contribution in [1.29, 1.82) is 0 Å². The van der Waals surface area contributed by atoms with Crippen LogP contribution in [-0.4, -0.2) is 70.8 Å². The molecule has 1 aromatic carbocycles. The van der Waals surface area contributed by atoms with Gasteiger partial charge in [-0.05, 0) is 49.5 Å². The number of halogens is 1. The largest absolute Gasteiger partial charge is 0.507 e. The monoisotopic (exact) mass is 454 g/mol. The minimum Gasteiger partial charge on any atom is -0.507 e. The number of aromatic nitrogens is 7. The normalized spacial score (nSPS) is 28.6. The van der Waals surface area contributed by atoms with E-state index in [1.807, 2.05) is 0 Å². The molecule has 0 radical (unpaired) electrons. The third-order valence-corrected chi connectivity index (χ3v) is 6.82. The van der Waals surface area contributed by atoms with Gasteiger partial charge < -0.3 is 15.3 Å². The molecule has 6 rings (SSSR count). The van der Waals surface area contributed by atoms with Gasteiger partial charge in [0.15, 0.2) is 11.6 Å². The molecule has 2 N–H and O–H groups in total. The predicted octanol–water partition coefficient (Wildman–Crippen LogP) is 2.02. The van der Waals surface area contributed by atoms with Gasteiger partial charge in [0.25, 0.3) is 0 Å². The molecule has 0 unspecified atom stereocenters. The zero-order valence-corrected chi connectivity index (χ0v) is 17.8. The highest BCUT2D eigenvalue weighted by Crippen LogP contribution is 2.39. The summed E-state index contributed by atoms with van der Waals surface area (Å²) in [4.78, 5) is 7.05. The summed E-state index contributed by atoms with van der Waals surface area (Å²) in [6.45, 7) is -2.54. The number of rotatable bonds is 5. The van der Waals surface area contributed by atoms with Crippen molar-refractivity contribution >= 4 is 5.82 Å². The highest BCUT2D eigenvalue weighted by atomic mass is 19.1. The minimum absolute atomic E-state index is 0.0648. The summed E-state index contributed by atoms with van der Waals surface area (Å²) < 4.78 is 37.5. The summed E-state index contributed by atoms with van der Waals surface area (Å²) in [5.41, 5.74) is 0.737. The molecule has 172 valence electrons. The zero-order valence-electron chi connectivity index (χ0n) is 20.8. The lowest BCUT2D eigenvalue weighted by molar-refractivity contribution is 0.104. The quantitative estimate of drug-likeness (QED) is 0.597. The Hall–Kier alpha value is -3.21. The maximum absolute atomic E-state index is 15.4. The second kappa shape index (κ2) is 7.98. The SMILES string of the molecule is [2H]C([2H])([2H])n1nnc(-c2ccc(-c3ncc(N(C4CC4)[C@H]4C[C@H]5CCC[C@H](N5)[C@H]4F)nn3)c(O)c2)n1. The van der Waals surface area contributed by atoms with Crippen LogP contribution in [0.3, 0.4) is 0 Å². The second-order valence-corrected chi connectivity index (χ2v) is 9.06. The van der Waals surface area contributed by atoms with E-state index < -0.39 is 13.1 Å². The minimum atomic E-state index is -2.54. The van der Waals surface area contributed by atoms with Crippen LogP contribution in [0.15, 0.2) is 24.4 Å². The maximum atomic E-state index is 15.4. The molecular formula is C22H26FN9O. The average molecular weight is 455 g/mol. The van der Waals surface area contributed by atoms with Crippen LogP contribution < -0.4 is 10.2 Å². The van der Waals surface area contributed by atoms with Gasteiger partial charge in [0.2, 0.25) is 5.82 Å². The number of piperidine rings is 2. The fourth-order valence-electron chi connectivity index (χ4n) is 5.13. The number of nitrogens with one attached hydrogen (secondary N) is 1. The molecule has 0 spiro atoms. The molecular weight excluding hydrogens is 425 g/mol. The van der Waals surface area contributed by atoms with Crippen LogP contribution in [0.1, 0.15) is 42.6 Å². The summed E-state index contributed by atoms with van der Waals surface area (Å²) in [5, 5.41) is 33.8. The van der Waals surface area contributed by atoms with E-state index in [9.17, 15) is 5.11 Å². The van der Waals surface area contributed by atoms with E-state index in [4.69, 9.17) is 4.11 Å². The van der Waals surface area contributed by atoms with Crippen LogP contribution >= 0.6 is 0 Å². The first-order valence-electron chi connectivity index (χ1n) is 12.8. The molecule has 3 fully saturated rings. The van der Waals surface area contributed by atoms with Crippen molar-refractivity contribution in [2.75, 3.05) is 4.90 Å². The van der Waals surface area contributed by atoms with Gasteiger partial charge in [0, 0.05) is 27.8 Å². The molecule has 4 atom stereocenters. The number of aromatic hydroxyl groups is 1. The van der Waals surface area contributed by atoms with Crippen LogP contribution in [-0.2, 0) is 6.98 Å². The molecule has 3 aromatic rings. The van der Waals surface area contributed by atoms with E-state index in [1.54, 1.807) is 18.3 Å². The fourth-order valence-corrected chi connectivity index (χ4v) is 5.13. The summed E-state index contributed by atoms with van der Waals surface area (Å²) in [6, 6.07) is 4.80. The van der Waals surface area contributed by atoms with E-state index in [0.29, 0.717) is 27.8 Å². The molecule has 10 nitrogen and oxygen atoms in total. The smallest absolute Gasteiger partial charge is 0.205 e. The van der Waals surface area contributed by atoms with Gasteiger partial charge in [0.05, 0.1) is 24.8 Å². The van der Waals surface area contributed by atoms with Crippen LogP contribution in [0, 0.1) is 0 Å². The lowest BCUT2D eigenvalue weighted by atomic mass is 9.82. The van der Waals surface area contributed by atoms with Crippen molar-refractivity contribution < 1.29 is 13.6 Å². The van der Waals surface area contributed by atoms with Gasteiger partial charge in [-0.3, -0.25) is 0 Å². The van der Waals surface area contributed by atoms with Crippen LogP contribution in [0.4, 0.5) is 10.2 Å². The lowest BCUT2D eigenvalue weighted by Gasteiger charge is -2.47. The number of aryl methyl sites for hydroxylation is 1. The molecule has 1 saturated carbocycles. The number of benzene rings is 1. The number of alkyl halides is 1. The van der Waals surface area contributed by atoms with Crippen LogP contribution in [0.5, 0.6) is 5.75 Å². The van der Waals surface area contributed by atoms with E-state index >= 15 is 4.39 Å². The first-order valence-corrected chi connectivity index (χ1v) is 11.3. The number of anilines is 1. The number of phenols is 1. The van der Waals surface area contributed by atoms with Gasteiger partial charge in [-0.15, -0.1) is 20.4 Å². The number of phenolic OH excluding ortho intramolecular Hbond substituents is 1. The topological polar surface area (TPSA) is 118 Å². The predicted molar refractivity (Wildman–Crippen MR) is 118 cm³/mol. The number of hydrogen-bond donors (Lipinski definition) is 2. The molecule has 0 amide bonds. The first kappa shape index (κ1) is 17.3. The van der Waals surface area contributed by atoms with Gasteiger partial charge in [-0.25, -0.2) is 9.37 Å². The Labute approximate surface area is 194 Å². The molecule has 2 saturated heterocycles. The zero-order chi connectivity index (χ0) is 25.0. The summed E-state index contributed by atoms with van der Waals surface area (Å²) >= 11 is 0. The molecule has 2 bridgehead atoms. The van der Waals surface area contributed by atoms with Crippen molar-refractivity contribution in [3.8, 4) is 28.5 Å². The van der Waals surface area contributed by atoms with Gasteiger partial charge >= 0.3 is 0 Å². The molecule has 11 heteroatoms. The summed E-state index contributed by atoms with van der Waals surface area (Å²) in [6.07, 6.45) is 6.34. The van der Waals surface area contributed by atoms with Crippen molar-refractivity contribution in [2.24, 2.45) is 6.98 Å². The Morgan fingerprint density at radius 3 is 2.82 bits per heavy atom. The second-order valence-electron chi connectivity index (χ2n) is 9.06. The molecule has 3 aliphatic rings. The van der Waals surface area contributed by atoms with E-state index in [2.05, 4.69) is 40.8 Å². The maximum Gasteiger partial charge on any atom is 0.205 e. The van der Waals surface area contributed by atoms with Gasteiger partial charge in [0.1, 0.15) is 11.9 Å². The van der Waals surface area contributed by atoms with Crippen molar-refractivity contribution in [2.45, 2.75) is 68.9 Å². The molecule has 2 aliphatic heterocycles. The third kappa shape index (κ3) is 3.79. The Bertz CT molecular complexity index is 1250. The van der Waals surface area contributed by atoms with Crippen molar-refractivity contribution in [3.63, 3.8) is 0 Å². The average Bonchev–Trinajstić information content (AvgIpc) is 3.55. The Kier molecular flexibility index (Phi) is 4.18. The first-order chi connectivity index (χ1) is 17.3. The summed E-state index contributed by atoms with van der Waals surface area (Å²) in [7, 11) is 0. The van der Waals surface area contributed by atoms with Crippen LogP contribution in [0.25, 0.3) is 22.8 Å². The highest BCUT2D eigenvalue weighted by molar-refractivity contribution is 5.70. The Balaban J connectivity index is 1.24. The third-order valence-electron chi connectivity index (χ3n) is 6.82.